The first-order chi connectivity index (χ1) is 21.9. The molecule has 0 aromatic heterocycles. The molecule has 3 saturated carbocycles. The first-order valence-corrected chi connectivity index (χ1v) is 19.9. The maximum atomic E-state index is 15.9. The molecular formula is C28H36F9NO7S3. The van der Waals surface area contributed by atoms with Gasteiger partial charge in [-0.25, -0.2) is 16.8 Å². The molecule has 3 aliphatic carbocycles. The van der Waals surface area contributed by atoms with Crippen LogP contribution in [-0.4, -0.2) is 56.3 Å². The Hall–Kier alpha value is -1.64. The molecule has 0 spiro atoms. The van der Waals surface area contributed by atoms with Gasteiger partial charge in [0.1, 0.15) is 0 Å². The lowest BCUT2D eigenvalue weighted by Gasteiger charge is -2.36. The highest BCUT2D eigenvalue weighted by Gasteiger charge is 2.84. The van der Waals surface area contributed by atoms with Crippen LogP contribution in [0.4, 0.5) is 39.5 Å². The lowest BCUT2D eigenvalue weighted by molar-refractivity contribution is -0.246. The summed E-state index contributed by atoms with van der Waals surface area (Å²) >= 11 is 0. The maximum Gasteiger partial charge on any atom is 0.514 e. The fourth-order valence-electron chi connectivity index (χ4n) is 7.06. The van der Waals surface area contributed by atoms with Crippen LogP contribution in [0.5, 0.6) is 0 Å². The Bertz CT molecular complexity index is 1620. The number of hydrogen-bond acceptors (Lipinski definition) is 7. The number of benzene rings is 1. The third kappa shape index (κ3) is 6.49. The zero-order valence-corrected chi connectivity index (χ0v) is 27.9. The average Bonchev–Trinajstić information content (AvgIpc) is 3.04. The van der Waals surface area contributed by atoms with E-state index in [2.05, 4.69) is 0 Å². The van der Waals surface area contributed by atoms with Gasteiger partial charge in [0.05, 0.1) is 4.90 Å². The molecule has 0 aliphatic heterocycles. The average molecular weight is 766 g/mol. The SMILES string of the molecule is O=S(=O)(c1c(C2CCCCC2)cc(C2CCCCC2)cc1C1CCCCC1)C(F)(F)C(F)(F)C(F)(F)S(=O)(=O)N(O)S(=O)(=O)C(F)(F)F. The van der Waals surface area contributed by atoms with Gasteiger partial charge in [0, 0.05) is 3.87 Å². The molecule has 3 fully saturated rings. The third-order valence-electron chi connectivity index (χ3n) is 9.70. The molecule has 0 atom stereocenters. The molecule has 4 rings (SSSR count). The van der Waals surface area contributed by atoms with Crippen LogP contribution >= 0.6 is 0 Å². The summed E-state index contributed by atoms with van der Waals surface area (Å²) in [7, 11) is -23.1. The summed E-state index contributed by atoms with van der Waals surface area (Å²) in [5.41, 5.74) is -6.91. The first-order valence-electron chi connectivity index (χ1n) is 15.6. The number of hydrogen-bond donors (Lipinski definition) is 1. The lowest BCUT2D eigenvalue weighted by atomic mass is 9.76. The van der Waals surface area contributed by atoms with Gasteiger partial charge in [-0.15, -0.1) is 0 Å². The van der Waals surface area contributed by atoms with Gasteiger partial charge >= 0.3 is 42.0 Å². The summed E-state index contributed by atoms with van der Waals surface area (Å²) in [6.07, 6.45) is 8.19. The van der Waals surface area contributed by atoms with Crippen molar-refractivity contribution in [3.63, 3.8) is 0 Å². The minimum absolute atomic E-state index is 0.136. The highest BCUT2D eigenvalue weighted by molar-refractivity contribution is 8.04. The first kappa shape index (κ1) is 39.2. The molecule has 276 valence electrons. The second kappa shape index (κ2) is 13.5. The van der Waals surface area contributed by atoms with Crippen LogP contribution < -0.4 is 0 Å². The normalized spacial score (nSPS) is 21.1. The van der Waals surface area contributed by atoms with E-state index in [1.54, 1.807) is 0 Å². The van der Waals surface area contributed by atoms with Crippen molar-refractivity contribution in [3.05, 3.63) is 28.8 Å². The summed E-state index contributed by atoms with van der Waals surface area (Å²) in [5, 5.41) is -5.53. The van der Waals surface area contributed by atoms with Crippen LogP contribution in [0.3, 0.4) is 0 Å². The Kier molecular flexibility index (Phi) is 11.0. The van der Waals surface area contributed by atoms with Gasteiger partial charge in [-0.05, 0) is 73.0 Å². The maximum absolute atomic E-state index is 15.9. The summed E-state index contributed by atoms with van der Waals surface area (Å²) in [5.74, 6) is -9.32. The minimum Gasteiger partial charge on any atom is -0.285 e. The number of halogens is 9. The molecule has 0 radical (unpaired) electrons. The van der Waals surface area contributed by atoms with E-state index < -0.39 is 72.4 Å². The van der Waals surface area contributed by atoms with Crippen molar-refractivity contribution < 1.29 is 70.0 Å². The molecule has 1 N–H and O–H groups in total. The zero-order valence-electron chi connectivity index (χ0n) is 25.5. The lowest BCUT2D eigenvalue weighted by Crippen LogP contribution is -2.64. The van der Waals surface area contributed by atoms with E-state index in [4.69, 9.17) is 5.21 Å². The molecular weight excluding hydrogens is 729 g/mol. The van der Waals surface area contributed by atoms with Crippen molar-refractivity contribution in [1.29, 1.82) is 0 Å². The van der Waals surface area contributed by atoms with Crippen molar-refractivity contribution in [3.8, 4) is 0 Å². The van der Waals surface area contributed by atoms with Crippen LogP contribution in [0.25, 0.3) is 0 Å². The quantitative estimate of drug-likeness (QED) is 0.188. The number of rotatable bonds is 10. The fourth-order valence-corrected chi connectivity index (χ4v) is 11.3. The number of sulfone groups is 1. The van der Waals surface area contributed by atoms with Gasteiger partial charge < -0.3 is 0 Å². The van der Waals surface area contributed by atoms with Gasteiger partial charge in [-0.2, -0.15) is 47.9 Å². The van der Waals surface area contributed by atoms with Gasteiger partial charge in [-0.3, -0.25) is 5.21 Å². The second-order valence-corrected chi connectivity index (χ2v) is 18.5. The molecule has 0 bridgehead atoms. The zero-order chi connectivity index (χ0) is 36.1. The number of sulfonamides is 2. The van der Waals surface area contributed by atoms with E-state index in [0.717, 1.165) is 19.3 Å². The van der Waals surface area contributed by atoms with Crippen molar-refractivity contribution >= 4 is 29.9 Å². The van der Waals surface area contributed by atoms with Crippen molar-refractivity contribution in [2.24, 2.45) is 0 Å². The largest absolute Gasteiger partial charge is 0.514 e. The topological polar surface area (TPSA) is 126 Å². The standard InChI is InChI=1S/C28H36F9NO7S3/c29-25(30,27(33,34)47(42,43)38(39)48(44,45)28(35,36)37)26(31,32)46(40,41)24-22(19-12-6-2-7-13-19)16-21(18-10-4-1-5-11-18)17-23(24)20-14-8-3-9-15-20/h16-20,39H,1-15H2. The van der Waals surface area contributed by atoms with Crippen molar-refractivity contribution in [2.45, 2.75) is 141 Å². The van der Waals surface area contributed by atoms with E-state index in [9.17, 15) is 47.2 Å². The monoisotopic (exact) mass is 765 g/mol. The second-order valence-electron chi connectivity index (χ2n) is 12.8. The van der Waals surface area contributed by atoms with Crippen LogP contribution in [0.1, 0.15) is 131 Å². The molecule has 0 amide bonds. The Labute approximate surface area is 273 Å². The fraction of sp³-hybridized carbons (Fsp3) is 0.786. The Morgan fingerprint density at radius 1 is 0.542 bits per heavy atom. The Morgan fingerprint density at radius 3 is 1.25 bits per heavy atom. The Balaban J connectivity index is 1.96. The summed E-state index contributed by atoms with van der Waals surface area (Å²) in [6, 6.07) is 2.64. The van der Waals surface area contributed by atoms with Gasteiger partial charge in [0.25, 0.3) is 9.84 Å². The highest BCUT2D eigenvalue weighted by Crippen LogP contribution is 2.56. The molecule has 1 aromatic carbocycles. The van der Waals surface area contributed by atoms with Gasteiger partial charge in [0.2, 0.25) is 0 Å². The predicted molar refractivity (Wildman–Crippen MR) is 153 cm³/mol. The third-order valence-corrected chi connectivity index (χ3v) is 15.1. The molecule has 3 aliphatic rings. The summed E-state index contributed by atoms with van der Waals surface area (Å²) in [6.45, 7) is 0. The minimum atomic E-state index is -8.29. The van der Waals surface area contributed by atoms with E-state index in [1.807, 2.05) is 0 Å². The van der Waals surface area contributed by atoms with Crippen molar-refractivity contribution in [2.75, 3.05) is 0 Å². The molecule has 0 saturated heterocycles. The molecule has 0 heterocycles. The predicted octanol–water partition coefficient (Wildman–Crippen LogP) is 8.29. The molecule has 20 heteroatoms. The van der Waals surface area contributed by atoms with E-state index in [1.165, 1.54) is 12.1 Å². The number of alkyl halides is 9. The molecule has 1 aromatic rings. The molecule has 8 nitrogen and oxygen atoms in total. The smallest absolute Gasteiger partial charge is 0.285 e. The number of nitrogens with zero attached hydrogens (tertiary/aromatic N) is 1. The van der Waals surface area contributed by atoms with E-state index in [0.29, 0.717) is 56.9 Å². The Morgan fingerprint density at radius 2 is 0.896 bits per heavy atom. The highest BCUT2D eigenvalue weighted by atomic mass is 32.3. The van der Waals surface area contributed by atoms with E-state index in [-0.39, 0.29) is 42.7 Å². The van der Waals surface area contributed by atoms with Crippen LogP contribution in [-0.2, 0) is 29.9 Å². The molecule has 48 heavy (non-hydrogen) atoms. The van der Waals surface area contributed by atoms with Crippen LogP contribution in [0, 0.1) is 0 Å². The van der Waals surface area contributed by atoms with Crippen LogP contribution in [0.2, 0.25) is 0 Å². The van der Waals surface area contributed by atoms with Crippen molar-refractivity contribution in [1.82, 2.24) is 3.87 Å². The van der Waals surface area contributed by atoms with Gasteiger partial charge in [0.15, 0.2) is 0 Å². The van der Waals surface area contributed by atoms with Crippen LogP contribution in [0.15, 0.2) is 17.0 Å². The molecule has 0 unspecified atom stereocenters. The summed E-state index contributed by atoms with van der Waals surface area (Å²) < 4.78 is 202. The van der Waals surface area contributed by atoms with Gasteiger partial charge in [-0.1, -0.05) is 69.9 Å². The van der Waals surface area contributed by atoms with E-state index >= 15 is 17.6 Å². The summed E-state index contributed by atoms with van der Waals surface area (Å²) in [4.78, 5) is -1.36.